The van der Waals surface area contributed by atoms with E-state index in [1.54, 1.807) is 0 Å². The van der Waals surface area contributed by atoms with Crippen LogP contribution in [0.3, 0.4) is 0 Å². The Labute approximate surface area is 88.4 Å². The minimum absolute atomic E-state index is 0.00713. The van der Waals surface area contributed by atoms with Gasteiger partial charge in [-0.3, -0.25) is 4.79 Å². The van der Waals surface area contributed by atoms with E-state index in [2.05, 4.69) is 10.1 Å². The molecule has 1 fully saturated rings. The number of hydrogen-bond acceptors (Lipinski definition) is 4. The molecule has 1 unspecified atom stereocenters. The molecule has 0 aromatic rings. The summed E-state index contributed by atoms with van der Waals surface area (Å²) in [5.41, 5.74) is 0. The van der Waals surface area contributed by atoms with Gasteiger partial charge in [0, 0.05) is 0 Å². The van der Waals surface area contributed by atoms with Crippen molar-refractivity contribution < 1.29 is 19.1 Å². The fourth-order valence-corrected chi connectivity index (χ4v) is 1.16. The molecule has 0 spiro atoms. The van der Waals surface area contributed by atoms with Gasteiger partial charge in [-0.25, -0.2) is 4.79 Å². The zero-order valence-corrected chi connectivity index (χ0v) is 9.07. The molecule has 1 saturated heterocycles. The highest BCUT2D eigenvalue weighted by molar-refractivity contribution is 5.98. The number of esters is 1. The Bertz CT molecular complexity index is 296. The molecule has 1 aliphatic heterocycles. The molecule has 1 aliphatic rings. The monoisotopic (exact) mass is 213 g/mol. The van der Waals surface area contributed by atoms with Gasteiger partial charge in [-0.1, -0.05) is 13.8 Å². The summed E-state index contributed by atoms with van der Waals surface area (Å²) in [5, 5.41) is 2.76. The lowest BCUT2D eigenvalue weighted by Gasteiger charge is -2.28. The standard InChI is InChI=1S/C10H15NO4/c1-6(2)7-5-15-8(10(13)11-7)4-9(12)14-3/h4,6-7H,5H2,1-3H3,(H,11,13)/b8-4-. The lowest BCUT2D eigenvalue weighted by molar-refractivity contribution is -0.136. The Hall–Kier alpha value is -1.52. The predicted octanol–water partition coefficient (Wildman–Crippen LogP) is 0.214. The molecule has 1 heterocycles. The number of carbonyl (C=O) groups is 2. The van der Waals surface area contributed by atoms with Crippen LogP contribution in [0.5, 0.6) is 0 Å². The number of ether oxygens (including phenoxy) is 2. The topological polar surface area (TPSA) is 64.6 Å². The maximum Gasteiger partial charge on any atom is 0.334 e. The van der Waals surface area contributed by atoms with Gasteiger partial charge in [0.1, 0.15) is 6.61 Å². The smallest absolute Gasteiger partial charge is 0.334 e. The van der Waals surface area contributed by atoms with Gasteiger partial charge in [-0.05, 0) is 5.92 Å². The van der Waals surface area contributed by atoms with Gasteiger partial charge >= 0.3 is 5.97 Å². The van der Waals surface area contributed by atoms with Crippen molar-refractivity contribution in [3.8, 4) is 0 Å². The fourth-order valence-electron chi connectivity index (χ4n) is 1.16. The summed E-state index contributed by atoms with van der Waals surface area (Å²) in [7, 11) is 1.25. The van der Waals surface area contributed by atoms with Crippen LogP contribution in [0.4, 0.5) is 0 Å². The third-order valence-corrected chi connectivity index (χ3v) is 2.21. The van der Waals surface area contributed by atoms with Crippen LogP contribution in [0.2, 0.25) is 0 Å². The number of nitrogens with one attached hydrogen (secondary N) is 1. The molecule has 15 heavy (non-hydrogen) atoms. The first-order valence-electron chi connectivity index (χ1n) is 4.78. The molecule has 0 aromatic heterocycles. The summed E-state index contributed by atoms with van der Waals surface area (Å²) in [4.78, 5) is 22.3. The van der Waals surface area contributed by atoms with Crippen molar-refractivity contribution in [3.63, 3.8) is 0 Å². The largest absolute Gasteiger partial charge is 0.486 e. The molecule has 5 heteroatoms. The number of methoxy groups -OCH3 is 1. The van der Waals surface area contributed by atoms with Gasteiger partial charge in [-0.15, -0.1) is 0 Å². The SMILES string of the molecule is COC(=O)/C=C1\OCC(C(C)C)NC1=O. The zero-order valence-electron chi connectivity index (χ0n) is 9.07. The lowest BCUT2D eigenvalue weighted by atomic mass is 10.0. The first-order valence-corrected chi connectivity index (χ1v) is 4.78. The highest BCUT2D eigenvalue weighted by Crippen LogP contribution is 2.12. The minimum atomic E-state index is -0.594. The Morgan fingerprint density at radius 3 is 2.80 bits per heavy atom. The molecule has 1 rings (SSSR count). The molecule has 1 amide bonds. The average Bonchev–Trinajstić information content (AvgIpc) is 2.20. The zero-order chi connectivity index (χ0) is 11.4. The van der Waals surface area contributed by atoms with Crippen LogP contribution in [-0.4, -0.2) is 31.6 Å². The van der Waals surface area contributed by atoms with Crippen LogP contribution in [-0.2, 0) is 19.1 Å². The van der Waals surface area contributed by atoms with Crippen molar-refractivity contribution in [2.45, 2.75) is 19.9 Å². The molecule has 1 N–H and O–H groups in total. The van der Waals surface area contributed by atoms with Gasteiger partial charge in [0.25, 0.3) is 5.91 Å². The summed E-state index contributed by atoms with van der Waals surface area (Å²) >= 11 is 0. The molecule has 0 aliphatic carbocycles. The highest BCUT2D eigenvalue weighted by Gasteiger charge is 2.26. The third kappa shape index (κ3) is 2.97. The van der Waals surface area contributed by atoms with Crippen LogP contribution in [0.25, 0.3) is 0 Å². The predicted molar refractivity (Wildman–Crippen MR) is 52.8 cm³/mol. The maximum atomic E-state index is 11.4. The first-order chi connectivity index (χ1) is 7.04. The summed E-state index contributed by atoms with van der Waals surface area (Å²) in [5.74, 6) is -0.652. The second-order valence-corrected chi connectivity index (χ2v) is 3.67. The van der Waals surface area contributed by atoms with E-state index in [1.165, 1.54) is 7.11 Å². The number of amides is 1. The number of carbonyl (C=O) groups excluding carboxylic acids is 2. The molecule has 1 atom stereocenters. The Kier molecular flexibility index (Phi) is 3.71. The minimum Gasteiger partial charge on any atom is -0.486 e. The van der Waals surface area contributed by atoms with Gasteiger partial charge < -0.3 is 14.8 Å². The van der Waals surface area contributed by atoms with Crippen molar-refractivity contribution in [2.24, 2.45) is 5.92 Å². The lowest BCUT2D eigenvalue weighted by Crippen LogP contribution is -2.47. The second kappa shape index (κ2) is 4.82. The molecule has 5 nitrogen and oxygen atoms in total. The van der Waals surface area contributed by atoms with Crippen LogP contribution in [0.15, 0.2) is 11.8 Å². The third-order valence-electron chi connectivity index (χ3n) is 2.21. The van der Waals surface area contributed by atoms with Crippen LogP contribution >= 0.6 is 0 Å². The average molecular weight is 213 g/mol. The van der Waals surface area contributed by atoms with E-state index >= 15 is 0 Å². The van der Waals surface area contributed by atoms with E-state index in [0.717, 1.165) is 6.08 Å². The van der Waals surface area contributed by atoms with E-state index in [4.69, 9.17) is 4.74 Å². The molecule has 84 valence electrons. The Morgan fingerprint density at radius 1 is 1.67 bits per heavy atom. The van der Waals surface area contributed by atoms with E-state index in [0.29, 0.717) is 12.5 Å². The molecular formula is C10H15NO4. The van der Waals surface area contributed by atoms with Crippen molar-refractivity contribution in [2.75, 3.05) is 13.7 Å². The highest BCUT2D eigenvalue weighted by atomic mass is 16.5. The number of morpholine rings is 1. The van der Waals surface area contributed by atoms with Crippen molar-refractivity contribution >= 4 is 11.9 Å². The summed E-state index contributed by atoms with van der Waals surface area (Å²) in [6.45, 7) is 4.36. The fraction of sp³-hybridized carbons (Fsp3) is 0.600. The summed E-state index contributed by atoms with van der Waals surface area (Å²) in [6.07, 6.45) is 1.05. The van der Waals surface area contributed by atoms with Gasteiger partial charge in [0.15, 0.2) is 5.76 Å². The molecular weight excluding hydrogens is 198 g/mol. The van der Waals surface area contributed by atoms with E-state index in [9.17, 15) is 9.59 Å². The molecule has 0 saturated carbocycles. The number of rotatable bonds is 2. The van der Waals surface area contributed by atoms with Gasteiger partial charge in [-0.2, -0.15) is 0 Å². The molecule has 0 bridgehead atoms. The van der Waals surface area contributed by atoms with Crippen molar-refractivity contribution in [1.82, 2.24) is 5.32 Å². The first kappa shape index (κ1) is 11.6. The molecule has 0 radical (unpaired) electrons. The van der Waals surface area contributed by atoms with Gasteiger partial charge in [0.05, 0.1) is 19.2 Å². The second-order valence-electron chi connectivity index (χ2n) is 3.67. The van der Waals surface area contributed by atoms with E-state index < -0.39 is 5.97 Å². The van der Waals surface area contributed by atoms with Gasteiger partial charge in [0.2, 0.25) is 0 Å². The van der Waals surface area contributed by atoms with Crippen molar-refractivity contribution in [3.05, 3.63) is 11.8 Å². The Morgan fingerprint density at radius 2 is 2.33 bits per heavy atom. The molecule has 0 aromatic carbocycles. The quantitative estimate of drug-likeness (QED) is 0.526. The normalized spacial score (nSPS) is 23.6. The summed E-state index contributed by atoms with van der Waals surface area (Å²) < 4.78 is 9.59. The van der Waals surface area contributed by atoms with Crippen LogP contribution in [0, 0.1) is 5.92 Å². The van der Waals surface area contributed by atoms with Crippen molar-refractivity contribution in [1.29, 1.82) is 0 Å². The Balaban J connectivity index is 2.64. The van der Waals surface area contributed by atoms with Crippen LogP contribution in [0.1, 0.15) is 13.8 Å². The summed E-state index contributed by atoms with van der Waals surface area (Å²) in [6, 6.07) is -0.00713. The maximum absolute atomic E-state index is 11.4. The van der Waals surface area contributed by atoms with E-state index in [1.807, 2.05) is 13.8 Å². The van der Waals surface area contributed by atoms with E-state index in [-0.39, 0.29) is 17.7 Å². The van der Waals surface area contributed by atoms with Crippen LogP contribution < -0.4 is 5.32 Å². The number of hydrogen-bond donors (Lipinski definition) is 1.